The predicted octanol–water partition coefficient (Wildman–Crippen LogP) is 2.47. The smallest absolute Gasteiger partial charge is 0.349 e. The lowest BCUT2D eigenvalue weighted by Gasteiger charge is -2.08. The average Bonchev–Trinajstić information content (AvgIpc) is 3.18. The van der Waals surface area contributed by atoms with Crippen LogP contribution in [-0.4, -0.2) is 31.5 Å². The highest BCUT2D eigenvalue weighted by molar-refractivity contribution is 7.89. The minimum Gasteiger partial charge on any atom is -0.465 e. The Bertz CT molecular complexity index is 1000. The van der Waals surface area contributed by atoms with E-state index in [9.17, 15) is 13.2 Å². The number of carbonyl (C=O) groups is 1. The Hall–Kier alpha value is -2.62. The van der Waals surface area contributed by atoms with Crippen molar-refractivity contribution in [2.75, 3.05) is 7.11 Å². The maximum atomic E-state index is 12.5. The molecule has 0 atom stereocenters. The molecule has 3 rings (SSSR count). The van der Waals surface area contributed by atoms with Crippen LogP contribution in [0.25, 0.3) is 11.3 Å². The van der Waals surface area contributed by atoms with Crippen molar-refractivity contribution in [3.05, 3.63) is 64.7 Å². The molecule has 134 valence electrons. The van der Waals surface area contributed by atoms with E-state index < -0.39 is 16.0 Å². The van der Waals surface area contributed by atoms with E-state index in [0.29, 0.717) is 5.56 Å². The number of hydrogen-bond acceptors (Lipinski definition) is 7. The molecule has 0 bridgehead atoms. The van der Waals surface area contributed by atoms with E-state index in [-0.39, 0.29) is 16.3 Å². The summed E-state index contributed by atoms with van der Waals surface area (Å²) in [5, 5.41) is 1.53. The first kappa shape index (κ1) is 18.2. The zero-order chi connectivity index (χ0) is 18.6. The molecule has 0 aliphatic heterocycles. The molecule has 0 radical (unpaired) electrons. The molecule has 9 heteroatoms. The fourth-order valence-corrected chi connectivity index (χ4v) is 4.57. The van der Waals surface area contributed by atoms with Crippen LogP contribution in [0.1, 0.15) is 15.2 Å². The molecule has 0 amide bonds. The summed E-state index contributed by atoms with van der Waals surface area (Å²) in [4.78, 5) is 20.0. The molecular formula is C17H15N3O4S2. The lowest BCUT2D eigenvalue weighted by atomic mass is 10.1. The van der Waals surface area contributed by atoms with Crippen molar-refractivity contribution in [1.29, 1.82) is 0 Å². The van der Waals surface area contributed by atoms with Crippen LogP contribution in [0.3, 0.4) is 0 Å². The summed E-state index contributed by atoms with van der Waals surface area (Å²) in [6.07, 6.45) is 4.98. The summed E-state index contributed by atoms with van der Waals surface area (Å²) in [6.45, 7) is 0.0547. The Morgan fingerprint density at radius 3 is 2.73 bits per heavy atom. The Labute approximate surface area is 154 Å². The Morgan fingerprint density at radius 2 is 2.08 bits per heavy atom. The van der Waals surface area contributed by atoms with Crippen LogP contribution in [0.2, 0.25) is 0 Å². The van der Waals surface area contributed by atoms with E-state index in [1.807, 2.05) is 12.1 Å². The van der Waals surface area contributed by atoms with Crippen LogP contribution >= 0.6 is 11.3 Å². The van der Waals surface area contributed by atoms with Crippen molar-refractivity contribution in [2.24, 2.45) is 0 Å². The minimum atomic E-state index is -3.84. The van der Waals surface area contributed by atoms with Crippen molar-refractivity contribution in [3.8, 4) is 11.3 Å². The van der Waals surface area contributed by atoms with Gasteiger partial charge in [0.2, 0.25) is 10.0 Å². The van der Waals surface area contributed by atoms with E-state index in [2.05, 4.69) is 19.4 Å². The van der Waals surface area contributed by atoms with Gasteiger partial charge in [0.1, 0.15) is 9.77 Å². The molecule has 7 nitrogen and oxygen atoms in total. The van der Waals surface area contributed by atoms with Crippen LogP contribution in [-0.2, 0) is 21.3 Å². The summed E-state index contributed by atoms with van der Waals surface area (Å²) in [7, 11) is -2.63. The van der Waals surface area contributed by atoms with E-state index in [4.69, 9.17) is 0 Å². The molecule has 0 unspecified atom stereocenters. The van der Waals surface area contributed by atoms with Crippen molar-refractivity contribution < 1.29 is 17.9 Å². The molecule has 3 aromatic heterocycles. The SMILES string of the molecule is COC(=O)c1sccc1S(=O)(=O)NCc1ccc(-c2cccnc2)nc1. The van der Waals surface area contributed by atoms with Gasteiger partial charge in [0.05, 0.1) is 12.8 Å². The highest BCUT2D eigenvalue weighted by atomic mass is 32.2. The van der Waals surface area contributed by atoms with Gasteiger partial charge in [-0.05, 0) is 35.2 Å². The van der Waals surface area contributed by atoms with Crippen LogP contribution in [0.5, 0.6) is 0 Å². The lowest BCUT2D eigenvalue weighted by Crippen LogP contribution is -2.24. The third kappa shape index (κ3) is 3.96. The standard InChI is InChI=1S/C17H15N3O4S2/c1-24-17(21)16-15(6-8-25-16)26(22,23)20-10-12-4-5-14(19-9-12)13-3-2-7-18-11-13/h2-9,11,20H,10H2,1H3. The number of pyridine rings is 2. The number of thiophene rings is 1. The molecule has 3 heterocycles. The first-order chi connectivity index (χ1) is 12.5. The fourth-order valence-electron chi connectivity index (χ4n) is 2.22. The summed E-state index contributed by atoms with van der Waals surface area (Å²) in [5.41, 5.74) is 2.31. The van der Waals surface area contributed by atoms with Crippen molar-refractivity contribution in [2.45, 2.75) is 11.4 Å². The number of methoxy groups -OCH3 is 1. The quantitative estimate of drug-likeness (QED) is 0.651. The number of nitrogens with zero attached hydrogens (tertiary/aromatic N) is 2. The number of nitrogens with one attached hydrogen (secondary N) is 1. The zero-order valence-electron chi connectivity index (χ0n) is 13.7. The van der Waals surface area contributed by atoms with Gasteiger partial charge >= 0.3 is 5.97 Å². The van der Waals surface area contributed by atoms with Gasteiger partial charge in [-0.1, -0.05) is 6.07 Å². The highest BCUT2D eigenvalue weighted by Crippen LogP contribution is 2.23. The number of esters is 1. The van der Waals surface area contributed by atoms with Crippen molar-refractivity contribution >= 4 is 27.3 Å². The first-order valence-corrected chi connectivity index (χ1v) is 9.88. The van der Waals surface area contributed by atoms with E-state index >= 15 is 0 Å². The molecule has 0 aliphatic rings. The van der Waals surface area contributed by atoms with Crippen LogP contribution in [0.15, 0.2) is 59.2 Å². The second-order valence-electron chi connectivity index (χ2n) is 5.22. The predicted molar refractivity (Wildman–Crippen MR) is 97.2 cm³/mol. The number of sulfonamides is 1. The fraction of sp³-hybridized carbons (Fsp3) is 0.118. The summed E-state index contributed by atoms with van der Waals surface area (Å²) in [5.74, 6) is -0.678. The molecular weight excluding hydrogens is 374 g/mol. The highest BCUT2D eigenvalue weighted by Gasteiger charge is 2.24. The summed E-state index contributed by atoms with van der Waals surface area (Å²) in [6, 6.07) is 8.67. The third-order valence-corrected chi connectivity index (χ3v) is 6.01. The maximum Gasteiger partial charge on any atom is 0.349 e. The second-order valence-corrected chi connectivity index (χ2v) is 7.87. The van der Waals surface area contributed by atoms with Crippen LogP contribution < -0.4 is 4.72 Å². The van der Waals surface area contributed by atoms with Gasteiger partial charge in [-0.15, -0.1) is 11.3 Å². The molecule has 0 aromatic carbocycles. The normalized spacial score (nSPS) is 11.3. The van der Waals surface area contributed by atoms with E-state index in [1.165, 1.54) is 18.6 Å². The number of aromatic nitrogens is 2. The van der Waals surface area contributed by atoms with Crippen molar-refractivity contribution in [3.63, 3.8) is 0 Å². The van der Waals surface area contributed by atoms with Gasteiger partial charge in [0.15, 0.2) is 0 Å². The Balaban J connectivity index is 1.72. The molecule has 3 aromatic rings. The molecule has 26 heavy (non-hydrogen) atoms. The first-order valence-electron chi connectivity index (χ1n) is 7.52. The summed E-state index contributed by atoms with van der Waals surface area (Å²) < 4.78 is 32.0. The summed E-state index contributed by atoms with van der Waals surface area (Å²) >= 11 is 1.02. The Kier molecular flexibility index (Phi) is 5.40. The average molecular weight is 389 g/mol. The number of ether oxygens (including phenoxy) is 1. The molecule has 0 aliphatic carbocycles. The van der Waals surface area contributed by atoms with Crippen LogP contribution in [0.4, 0.5) is 0 Å². The lowest BCUT2D eigenvalue weighted by molar-refractivity contribution is 0.0602. The van der Waals surface area contributed by atoms with Gasteiger partial charge in [-0.2, -0.15) is 0 Å². The van der Waals surface area contributed by atoms with Gasteiger partial charge in [0, 0.05) is 30.7 Å². The number of rotatable bonds is 6. The van der Waals surface area contributed by atoms with Gasteiger partial charge in [-0.25, -0.2) is 17.9 Å². The zero-order valence-corrected chi connectivity index (χ0v) is 15.4. The monoisotopic (exact) mass is 389 g/mol. The van der Waals surface area contributed by atoms with Gasteiger partial charge in [0.25, 0.3) is 0 Å². The third-order valence-electron chi connectivity index (χ3n) is 3.54. The number of hydrogen-bond donors (Lipinski definition) is 1. The Morgan fingerprint density at radius 1 is 1.23 bits per heavy atom. The molecule has 0 saturated carbocycles. The maximum absolute atomic E-state index is 12.5. The molecule has 0 saturated heterocycles. The number of carbonyl (C=O) groups excluding carboxylic acids is 1. The second kappa shape index (κ2) is 7.73. The molecule has 0 fully saturated rings. The minimum absolute atomic E-state index is 0.0463. The molecule has 0 spiro atoms. The molecule has 1 N–H and O–H groups in total. The van der Waals surface area contributed by atoms with Crippen LogP contribution in [0, 0.1) is 0 Å². The van der Waals surface area contributed by atoms with E-state index in [1.54, 1.807) is 30.7 Å². The topological polar surface area (TPSA) is 98.2 Å². The van der Waals surface area contributed by atoms with Crippen molar-refractivity contribution in [1.82, 2.24) is 14.7 Å². The van der Waals surface area contributed by atoms with Gasteiger partial charge in [-0.3, -0.25) is 9.97 Å². The largest absolute Gasteiger partial charge is 0.465 e. The van der Waals surface area contributed by atoms with E-state index in [0.717, 1.165) is 22.6 Å². The van der Waals surface area contributed by atoms with Gasteiger partial charge < -0.3 is 4.74 Å².